The fourth-order valence-corrected chi connectivity index (χ4v) is 3.74. The zero-order valence-electron chi connectivity index (χ0n) is 13.8. The zero-order valence-corrected chi connectivity index (χ0v) is 13.8. The molecule has 1 aromatic carbocycles. The Balaban J connectivity index is 1.69. The predicted octanol–water partition coefficient (Wildman–Crippen LogP) is 3.59. The van der Waals surface area contributed by atoms with Gasteiger partial charge >= 0.3 is 0 Å². The molecule has 2 aliphatic rings. The maximum atomic E-state index is 12.6. The first kappa shape index (κ1) is 15.4. The lowest BCUT2D eigenvalue weighted by atomic mass is 9.91. The van der Waals surface area contributed by atoms with Crippen molar-refractivity contribution in [3.63, 3.8) is 0 Å². The zero-order chi connectivity index (χ0) is 15.5. The van der Waals surface area contributed by atoms with Crippen LogP contribution in [0.25, 0.3) is 0 Å². The van der Waals surface area contributed by atoms with E-state index >= 15 is 0 Å². The quantitative estimate of drug-likeness (QED) is 0.854. The van der Waals surface area contributed by atoms with Gasteiger partial charge in [0.2, 0.25) is 0 Å². The molecule has 1 fully saturated rings. The molecule has 1 aliphatic heterocycles. The molecule has 3 nitrogen and oxygen atoms in total. The Kier molecular flexibility index (Phi) is 4.70. The molecule has 1 heterocycles. The number of amides is 1. The number of nitrogens with zero attached hydrogens (tertiary/aromatic N) is 1. The molecule has 0 saturated carbocycles. The van der Waals surface area contributed by atoms with Gasteiger partial charge in [-0.25, -0.2) is 0 Å². The maximum Gasteiger partial charge on any atom is 0.263 e. The van der Waals surface area contributed by atoms with Gasteiger partial charge in [-0.2, -0.15) is 0 Å². The molecule has 0 aromatic heterocycles. The van der Waals surface area contributed by atoms with Crippen LogP contribution in [0, 0.1) is 5.92 Å². The third-order valence-corrected chi connectivity index (χ3v) is 4.97. The van der Waals surface area contributed by atoms with E-state index in [9.17, 15) is 4.79 Å². The van der Waals surface area contributed by atoms with Gasteiger partial charge in [0.15, 0.2) is 6.10 Å². The number of aryl methyl sites for hydroxylation is 1. The number of benzene rings is 1. The second-order valence-corrected chi connectivity index (χ2v) is 6.89. The fourth-order valence-electron chi connectivity index (χ4n) is 3.74. The monoisotopic (exact) mass is 301 g/mol. The van der Waals surface area contributed by atoms with E-state index in [1.165, 1.54) is 30.4 Å². The number of rotatable bonds is 3. The molecule has 1 amide bonds. The second kappa shape index (κ2) is 6.72. The SMILES string of the molecule is C[C@@H]1CCCN(C(=O)[C@H](C)Oc2cccc3c2CCCC3)C1. The molecule has 0 unspecified atom stereocenters. The Morgan fingerprint density at radius 2 is 2.09 bits per heavy atom. The first-order valence-electron chi connectivity index (χ1n) is 8.71. The van der Waals surface area contributed by atoms with Gasteiger partial charge in [-0.3, -0.25) is 4.79 Å². The van der Waals surface area contributed by atoms with E-state index < -0.39 is 6.10 Å². The summed E-state index contributed by atoms with van der Waals surface area (Å²) < 4.78 is 6.07. The van der Waals surface area contributed by atoms with Crippen molar-refractivity contribution in [2.45, 2.75) is 58.5 Å². The van der Waals surface area contributed by atoms with E-state index in [-0.39, 0.29) is 5.91 Å². The van der Waals surface area contributed by atoms with Crippen molar-refractivity contribution in [1.29, 1.82) is 0 Å². The van der Waals surface area contributed by atoms with Crippen molar-refractivity contribution < 1.29 is 9.53 Å². The van der Waals surface area contributed by atoms with Crippen LogP contribution >= 0.6 is 0 Å². The first-order chi connectivity index (χ1) is 10.6. The summed E-state index contributed by atoms with van der Waals surface area (Å²) in [6.45, 7) is 5.87. The van der Waals surface area contributed by atoms with E-state index in [0.29, 0.717) is 5.92 Å². The molecule has 1 aliphatic carbocycles. The normalized spacial score (nSPS) is 22.8. The van der Waals surface area contributed by atoms with Gasteiger partial charge in [-0.1, -0.05) is 19.1 Å². The Labute approximate surface area is 133 Å². The molecule has 0 bridgehead atoms. The number of carbonyl (C=O) groups excluding carboxylic acids is 1. The van der Waals surface area contributed by atoms with Gasteiger partial charge in [-0.15, -0.1) is 0 Å². The van der Waals surface area contributed by atoms with Crippen molar-refractivity contribution in [1.82, 2.24) is 4.90 Å². The summed E-state index contributed by atoms with van der Waals surface area (Å²) in [6, 6.07) is 6.27. The predicted molar refractivity (Wildman–Crippen MR) is 88.2 cm³/mol. The van der Waals surface area contributed by atoms with Gasteiger partial charge in [0.25, 0.3) is 5.91 Å². The lowest BCUT2D eigenvalue weighted by Gasteiger charge is -2.33. The van der Waals surface area contributed by atoms with Crippen molar-refractivity contribution in [2.75, 3.05) is 13.1 Å². The van der Waals surface area contributed by atoms with Gasteiger partial charge in [0.1, 0.15) is 5.75 Å². The lowest BCUT2D eigenvalue weighted by molar-refractivity contribution is -0.139. The number of piperidine rings is 1. The molecule has 1 saturated heterocycles. The summed E-state index contributed by atoms with van der Waals surface area (Å²) in [4.78, 5) is 14.6. The minimum Gasteiger partial charge on any atom is -0.481 e. The van der Waals surface area contributed by atoms with E-state index in [1.807, 2.05) is 17.9 Å². The molecule has 3 rings (SSSR count). The minimum atomic E-state index is -0.390. The van der Waals surface area contributed by atoms with Crippen molar-refractivity contribution in [3.8, 4) is 5.75 Å². The average molecular weight is 301 g/mol. The fraction of sp³-hybridized carbons (Fsp3) is 0.632. The van der Waals surface area contributed by atoms with E-state index in [0.717, 1.165) is 38.1 Å². The van der Waals surface area contributed by atoms with Gasteiger partial charge in [0, 0.05) is 13.1 Å². The number of hydrogen-bond donors (Lipinski definition) is 0. The number of likely N-dealkylation sites (tertiary alicyclic amines) is 1. The van der Waals surface area contributed by atoms with Crippen LogP contribution < -0.4 is 4.74 Å². The first-order valence-corrected chi connectivity index (χ1v) is 8.71. The van der Waals surface area contributed by atoms with E-state index in [1.54, 1.807) is 0 Å². The minimum absolute atomic E-state index is 0.139. The van der Waals surface area contributed by atoms with Gasteiger partial charge < -0.3 is 9.64 Å². The highest BCUT2D eigenvalue weighted by Crippen LogP contribution is 2.30. The molecule has 120 valence electrons. The third-order valence-electron chi connectivity index (χ3n) is 4.97. The second-order valence-electron chi connectivity index (χ2n) is 6.89. The smallest absolute Gasteiger partial charge is 0.263 e. The highest BCUT2D eigenvalue weighted by atomic mass is 16.5. The van der Waals surface area contributed by atoms with Crippen LogP contribution in [0.2, 0.25) is 0 Å². The van der Waals surface area contributed by atoms with Crippen molar-refractivity contribution in [2.24, 2.45) is 5.92 Å². The Hall–Kier alpha value is -1.51. The summed E-state index contributed by atoms with van der Waals surface area (Å²) in [7, 11) is 0. The number of fused-ring (bicyclic) bond motifs is 1. The lowest BCUT2D eigenvalue weighted by Crippen LogP contribution is -2.45. The van der Waals surface area contributed by atoms with Crippen LogP contribution in [0.5, 0.6) is 5.75 Å². The third kappa shape index (κ3) is 3.29. The Morgan fingerprint density at radius 3 is 2.91 bits per heavy atom. The van der Waals surface area contributed by atoms with Crippen molar-refractivity contribution >= 4 is 5.91 Å². The van der Waals surface area contributed by atoms with Crippen LogP contribution in [0.3, 0.4) is 0 Å². The molecule has 3 heteroatoms. The Morgan fingerprint density at radius 1 is 1.27 bits per heavy atom. The summed E-state index contributed by atoms with van der Waals surface area (Å²) >= 11 is 0. The van der Waals surface area contributed by atoms with E-state index in [2.05, 4.69) is 19.1 Å². The van der Waals surface area contributed by atoms with E-state index in [4.69, 9.17) is 4.74 Å². The van der Waals surface area contributed by atoms with Crippen LogP contribution in [-0.2, 0) is 17.6 Å². The summed E-state index contributed by atoms with van der Waals surface area (Å²) in [6.07, 6.45) is 6.64. The van der Waals surface area contributed by atoms with Crippen molar-refractivity contribution in [3.05, 3.63) is 29.3 Å². The highest BCUT2D eigenvalue weighted by molar-refractivity contribution is 5.81. The number of ether oxygens (including phenoxy) is 1. The van der Waals surface area contributed by atoms with Gasteiger partial charge in [0.05, 0.1) is 0 Å². The Bertz CT molecular complexity index is 540. The molecular weight excluding hydrogens is 274 g/mol. The van der Waals surface area contributed by atoms with Crippen LogP contribution in [0.1, 0.15) is 50.7 Å². The molecule has 0 radical (unpaired) electrons. The topological polar surface area (TPSA) is 29.5 Å². The molecule has 22 heavy (non-hydrogen) atoms. The van der Waals surface area contributed by atoms with Gasteiger partial charge in [-0.05, 0) is 68.6 Å². The molecule has 2 atom stereocenters. The molecule has 0 spiro atoms. The highest BCUT2D eigenvalue weighted by Gasteiger charge is 2.27. The van der Waals surface area contributed by atoms with Crippen LogP contribution in [-0.4, -0.2) is 30.0 Å². The maximum absolute atomic E-state index is 12.6. The van der Waals surface area contributed by atoms with Crippen LogP contribution in [0.15, 0.2) is 18.2 Å². The van der Waals surface area contributed by atoms with Crippen LogP contribution in [0.4, 0.5) is 0 Å². The number of hydrogen-bond acceptors (Lipinski definition) is 2. The summed E-state index contributed by atoms with van der Waals surface area (Å²) in [5, 5.41) is 0. The summed E-state index contributed by atoms with van der Waals surface area (Å²) in [5.41, 5.74) is 2.72. The summed E-state index contributed by atoms with van der Waals surface area (Å²) in [5.74, 6) is 1.66. The standard InChI is InChI=1S/C19H27NO2/c1-14-7-6-12-20(13-14)19(21)15(2)22-18-11-5-9-16-8-3-4-10-17(16)18/h5,9,11,14-15H,3-4,6-8,10,12-13H2,1-2H3/t14-,15+/m1/s1. The molecule has 1 aromatic rings. The molecular formula is C19H27NO2. The number of carbonyl (C=O) groups is 1. The largest absolute Gasteiger partial charge is 0.481 e. The molecule has 0 N–H and O–H groups in total. The average Bonchev–Trinajstić information content (AvgIpc) is 2.54.